The Balaban J connectivity index is 0.000000289. The third kappa shape index (κ3) is 6.04. The van der Waals surface area contributed by atoms with Gasteiger partial charge in [0, 0.05) is 0 Å². The summed E-state index contributed by atoms with van der Waals surface area (Å²) in [4.78, 5) is 30.1. The normalized spacial score (nSPS) is 10.2. The molecule has 0 unspecified atom stereocenters. The fourth-order valence-electron chi connectivity index (χ4n) is 2.04. The van der Waals surface area contributed by atoms with Gasteiger partial charge in [0.15, 0.2) is 0 Å². The van der Waals surface area contributed by atoms with Gasteiger partial charge in [0.05, 0.1) is 39.7 Å². The van der Waals surface area contributed by atoms with Crippen LogP contribution in [-0.2, 0) is 6.54 Å². The van der Waals surface area contributed by atoms with Gasteiger partial charge in [-0.05, 0) is 25.2 Å². The van der Waals surface area contributed by atoms with E-state index in [0.717, 1.165) is 25.4 Å². The molecule has 0 aliphatic rings. The molecule has 0 radical (unpaired) electrons. The van der Waals surface area contributed by atoms with Crippen LogP contribution in [0.3, 0.4) is 0 Å². The Morgan fingerprint density at radius 3 is 1.85 bits per heavy atom. The molecule has 0 bridgehead atoms. The molecular formula is C15H18N4O8. The molecule has 0 fully saturated rings. The first-order valence-corrected chi connectivity index (χ1v) is 7.76. The summed E-state index contributed by atoms with van der Waals surface area (Å²) in [6.07, 6.45) is 1.72. The second kappa shape index (κ2) is 9.82. The highest BCUT2D eigenvalue weighted by Gasteiger charge is 2.30. The van der Waals surface area contributed by atoms with Gasteiger partial charge in [-0.15, -0.1) is 0 Å². The van der Waals surface area contributed by atoms with E-state index in [4.69, 9.17) is 9.52 Å². The molecule has 0 aliphatic carbocycles. The number of nitro groups is 3. The fourth-order valence-corrected chi connectivity index (χ4v) is 2.04. The number of rotatable bonds is 7. The zero-order chi connectivity index (χ0) is 20.6. The average molecular weight is 382 g/mol. The zero-order valence-corrected chi connectivity index (χ0v) is 14.6. The molecule has 0 atom stereocenters. The molecule has 12 heteroatoms. The van der Waals surface area contributed by atoms with Gasteiger partial charge < -0.3 is 9.52 Å². The quantitative estimate of drug-likeness (QED) is 0.558. The SMILES string of the molecule is CCN(CC)Cc1ccco1.O=[N+]([O-])c1cc([N+](=O)[O-])c(O)c([N+](=O)[O-])c1. The van der Waals surface area contributed by atoms with E-state index in [1.54, 1.807) is 6.26 Å². The Morgan fingerprint density at radius 1 is 1.00 bits per heavy atom. The molecule has 2 aromatic rings. The first kappa shape index (κ1) is 21.5. The van der Waals surface area contributed by atoms with Crippen LogP contribution in [0, 0.1) is 30.3 Å². The second-order valence-corrected chi connectivity index (χ2v) is 5.14. The molecule has 0 saturated heterocycles. The Kier molecular flexibility index (Phi) is 7.82. The molecule has 0 amide bonds. The molecule has 2 rings (SSSR count). The average Bonchev–Trinajstić information content (AvgIpc) is 3.12. The number of furan rings is 1. The third-order valence-electron chi connectivity index (χ3n) is 3.51. The summed E-state index contributed by atoms with van der Waals surface area (Å²) in [6, 6.07) is 4.84. The Labute approximate surface area is 153 Å². The van der Waals surface area contributed by atoms with E-state index in [1.165, 1.54) is 0 Å². The van der Waals surface area contributed by atoms with Gasteiger partial charge in [-0.3, -0.25) is 35.2 Å². The van der Waals surface area contributed by atoms with Crippen molar-refractivity contribution in [2.24, 2.45) is 0 Å². The highest BCUT2D eigenvalue weighted by atomic mass is 16.6. The van der Waals surface area contributed by atoms with Crippen LogP contribution in [-0.4, -0.2) is 37.9 Å². The number of nitro benzene ring substituents is 3. The summed E-state index contributed by atoms with van der Waals surface area (Å²) in [5.41, 5.74) is -3.00. The lowest BCUT2D eigenvalue weighted by Gasteiger charge is -2.15. The van der Waals surface area contributed by atoms with E-state index in [9.17, 15) is 30.3 Å². The summed E-state index contributed by atoms with van der Waals surface area (Å²) in [6.45, 7) is 7.41. The maximum absolute atomic E-state index is 10.4. The van der Waals surface area contributed by atoms with E-state index >= 15 is 0 Å². The van der Waals surface area contributed by atoms with Crippen LogP contribution in [0.25, 0.3) is 0 Å². The third-order valence-corrected chi connectivity index (χ3v) is 3.51. The van der Waals surface area contributed by atoms with Crippen molar-refractivity contribution in [3.05, 3.63) is 66.6 Å². The van der Waals surface area contributed by atoms with Crippen molar-refractivity contribution in [2.45, 2.75) is 20.4 Å². The molecule has 0 aliphatic heterocycles. The van der Waals surface area contributed by atoms with Crippen LogP contribution in [0.1, 0.15) is 19.6 Å². The minimum atomic E-state index is -1.21. The maximum atomic E-state index is 10.4. The highest BCUT2D eigenvalue weighted by molar-refractivity contribution is 5.64. The minimum absolute atomic E-state index is 0.447. The van der Waals surface area contributed by atoms with Crippen molar-refractivity contribution in [3.63, 3.8) is 0 Å². The number of hydrogen-bond acceptors (Lipinski definition) is 9. The highest BCUT2D eigenvalue weighted by Crippen LogP contribution is 2.38. The van der Waals surface area contributed by atoms with Crippen LogP contribution in [0.4, 0.5) is 17.1 Å². The van der Waals surface area contributed by atoms with Crippen LogP contribution >= 0.6 is 0 Å². The van der Waals surface area contributed by atoms with E-state index < -0.39 is 37.6 Å². The monoisotopic (exact) mass is 382 g/mol. The van der Waals surface area contributed by atoms with E-state index in [-0.39, 0.29) is 0 Å². The molecule has 1 aromatic carbocycles. The van der Waals surface area contributed by atoms with E-state index in [2.05, 4.69) is 18.7 Å². The second-order valence-electron chi connectivity index (χ2n) is 5.14. The fraction of sp³-hybridized carbons (Fsp3) is 0.333. The van der Waals surface area contributed by atoms with Gasteiger partial charge in [-0.1, -0.05) is 13.8 Å². The van der Waals surface area contributed by atoms with Crippen LogP contribution in [0.2, 0.25) is 0 Å². The molecule has 0 spiro atoms. The van der Waals surface area contributed by atoms with Crippen LogP contribution in [0.5, 0.6) is 5.75 Å². The van der Waals surface area contributed by atoms with Gasteiger partial charge in [-0.2, -0.15) is 0 Å². The smallest absolute Gasteiger partial charge is 0.324 e. The van der Waals surface area contributed by atoms with Crippen LogP contribution < -0.4 is 0 Å². The van der Waals surface area contributed by atoms with Crippen molar-refractivity contribution < 1.29 is 24.3 Å². The number of benzene rings is 1. The number of phenolic OH excluding ortho intramolecular Hbond substituents is 1. The van der Waals surface area contributed by atoms with Crippen molar-refractivity contribution >= 4 is 17.1 Å². The Hall–Kier alpha value is -3.54. The Bertz CT molecular complexity index is 767. The van der Waals surface area contributed by atoms with Crippen molar-refractivity contribution in [1.29, 1.82) is 0 Å². The lowest BCUT2D eigenvalue weighted by molar-refractivity contribution is -0.404. The van der Waals surface area contributed by atoms with Crippen molar-refractivity contribution in [1.82, 2.24) is 4.90 Å². The van der Waals surface area contributed by atoms with Gasteiger partial charge in [-0.25, -0.2) is 0 Å². The standard InChI is InChI=1S/C9H15NO.C6H3N3O7/c1-3-10(4-2)8-9-6-5-7-11-9;10-6-4(8(13)14)1-3(7(11)12)2-5(6)9(15)16/h5-7H,3-4,8H2,1-2H3;1-2,10H. The molecule has 1 heterocycles. The summed E-state index contributed by atoms with van der Waals surface area (Å²) in [7, 11) is 0. The molecule has 1 N–H and O–H groups in total. The summed E-state index contributed by atoms with van der Waals surface area (Å²) in [5, 5.41) is 40.2. The number of non-ortho nitro benzene ring substituents is 1. The van der Waals surface area contributed by atoms with Gasteiger partial charge >= 0.3 is 11.4 Å². The van der Waals surface area contributed by atoms with E-state index in [0.29, 0.717) is 12.1 Å². The molecule has 1 aromatic heterocycles. The van der Waals surface area contributed by atoms with Gasteiger partial charge in [0.2, 0.25) is 0 Å². The summed E-state index contributed by atoms with van der Waals surface area (Å²) in [5.74, 6) is -0.158. The summed E-state index contributed by atoms with van der Waals surface area (Å²) >= 11 is 0. The topological polar surface area (TPSA) is 166 Å². The predicted molar refractivity (Wildman–Crippen MR) is 93.4 cm³/mol. The lowest BCUT2D eigenvalue weighted by atomic mass is 10.2. The number of nitrogens with zero attached hydrogens (tertiary/aromatic N) is 4. The molecule has 146 valence electrons. The van der Waals surface area contributed by atoms with Crippen molar-refractivity contribution in [3.8, 4) is 5.75 Å². The zero-order valence-electron chi connectivity index (χ0n) is 14.6. The largest absolute Gasteiger partial charge is 0.497 e. The minimum Gasteiger partial charge on any atom is -0.497 e. The maximum Gasteiger partial charge on any atom is 0.324 e. The first-order chi connectivity index (χ1) is 12.7. The van der Waals surface area contributed by atoms with Crippen molar-refractivity contribution in [2.75, 3.05) is 13.1 Å². The number of phenols is 1. The van der Waals surface area contributed by atoms with Crippen LogP contribution in [0.15, 0.2) is 34.9 Å². The Morgan fingerprint density at radius 2 is 1.52 bits per heavy atom. The number of aromatic hydroxyl groups is 1. The summed E-state index contributed by atoms with van der Waals surface area (Å²) < 4.78 is 5.23. The lowest BCUT2D eigenvalue weighted by Crippen LogP contribution is -2.21. The molecule has 12 nitrogen and oxygen atoms in total. The predicted octanol–water partition coefficient (Wildman–Crippen LogP) is 3.24. The molecular weight excluding hydrogens is 364 g/mol. The van der Waals surface area contributed by atoms with E-state index in [1.807, 2.05) is 12.1 Å². The molecule has 0 saturated carbocycles. The van der Waals surface area contributed by atoms with Gasteiger partial charge in [0.25, 0.3) is 11.4 Å². The molecule has 27 heavy (non-hydrogen) atoms. The number of hydrogen-bond donors (Lipinski definition) is 1. The van der Waals surface area contributed by atoms with Gasteiger partial charge in [0.1, 0.15) is 5.76 Å². The first-order valence-electron chi connectivity index (χ1n) is 7.76.